The van der Waals surface area contributed by atoms with E-state index in [1.54, 1.807) is 48.2 Å². The number of aryl methyl sites for hydroxylation is 1. The van der Waals surface area contributed by atoms with Crippen molar-refractivity contribution < 1.29 is 13.2 Å². The van der Waals surface area contributed by atoms with Crippen molar-refractivity contribution in [2.45, 2.75) is 31.2 Å². The van der Waals surface area contributed by atoms with E-state index in [4.69, 9.17) is 5.26 Å². The second-order valence-electron chi connectivity index (χ2n) is 6.23. The second-order valence-corrected chi connectivity index (χ2v) is 7.97. The van der Waals surface area contributed by atoms with Gasteiger partial charge < -0.3 is 4.90 Å². The molecule has 134 valence electrons. The van der Waals surface area contributed by atoms with E-state index in [-0.39, 0.29) is 17.3 Å². The number of hydrogen-bond acceptors (Lipinski definition) is 4. The minimum Gasteiger partial charge on any atom is -0.312 e. The lowest BCUT2D eigenvalue weighted by molar-refractivity contribution is -0.117. The normalized spacial score (nSPS) is 14.5. The van der Waals surface area contributed by atoms with Gasteiger partial charge in [-0.1, -0.05) is 12.1 Å². The predicted molar refractivity (Wildman–Crippen MR) is 97.9 cm³/mol. The van der Waals surface area contributed by atoms with Crippen LogP contribution in [0.4, 0.5) is 5.69 Å². The van der Waals surface area contributed by atoms with E-state index in [1.165, 1.54) is 6.07 Å². The smallest absolute Gasteiger partial charge is 0.241 e. The summed E-state index contributed by atoms with van der Waals surface area (Å²) in [6.07, 6.45) is 1.36. The highest BCUT2D eigenvalue weighted by atomic mass is 32.2. The Labute approximate surface area is 153 Å². The number of benzene rings is 2. The molecular weight excluding hydrogens is 350 g/mol. The highest BCUT2D eigenvalue weighted by Crippen LogP contribution is 2.26. The molecule has 0 saturated carbocycles. The van der Waals surface area contributed by atoms with Gasteiger partial charge in [0.1, 0.15) is 0 Å². The Balaban J connectivity index is 1.76. The number of anilines is 1. The average molecular weight is 369 g/mol. The first-order valence-corrected chi connectivity index (χ1v) is 9.79. The minimum atomic E-state index is -3.68. The van der Waals surface area contributed by atoms with Gasteiger partial charge in [0, 0.05) is 25.2 Å². The van der Waals surface area contributed by atoms with Crippen molar-refractivity contribution in [2.24, 2.45) is 0 Å². The van der Waals surface area contributed by atoms with Gasteiger partial charge in [0.2, 0.25) is 15.9 Å². The summed E-state index contributed by atoms with van der Waals surface area (Å²) in [5, 5.41) is 8.80. The number of carbonyl (C=O) groups is 1. The Morgan fingerprint density at radius 3 is 2.50 bits per heavy atom. The Hall–Kier alpha value is -2.69. The van der Waals surface area contributed by atoms with Gasteiger partial charge in [-0.2, -0.15) is 5.26 Å². The molecule has 0 atom stereocenters. The number of rotatable bonds is 5. The van der Waals surface area contributed by atoms with E-state index in [1.807, 2.05) is 6.07 Å². The summed E-state index contributed by atoms with van der Waals surface area (Å²) in [5.41, 5.74) is 2.62. The highest BCUT2D eigenvalue weighted by Gasteiger charge is 2.23. The molecule has 1 aliphatic rings. The first kappa shape index (κ1) is 18.1. The first-order chi connectivity index (χ1) is 12.4. The summed E-state index contributed by atoms with van der Waals surface area (Å²) in [4.78, 5) is 13.7. The van der Waals surface area contributed by atoms with Crippen molar-refractivity contribution in [3.05, 3.63) is 59.2 Å². The van der Waals surface area contributed by atoms with E-state index in [9.17, 15) is 13.2 Å². The quantitative estimate of drug-likeness (QED) is 0.877. The largest absolute Gasteiger partial charge is 0.312 e. The summed E-state index contributed by atoms with van der Waals surface area (Å²) in [6.45, 7) is 2.53. The summed E-state index contributed by atoms with van der Waals surface area (Å²) in [5.74, 6) is 0.0685. The van der Waals surface area contributed by atoms with E-state index in [0.29, 0.717) is 24.1 Å². The van der Waals surface area contributed by atoms with E-state index in [2.05, 4.69) is 4.72 Å². The van der Waals surface area contributed by atoms with Gasteiger partial charge >= 0.3 is 0 Å². The van der Waals surface area contributed by atoms with Crippen molar-refractivity contribution in [1.29, 1.82) is 5.26 Å². The highest BCUT2D eigenvalue weighted by molar-refractivity contribution is 7.89. The molecular formula is C19H19N3O3S. The number of nitrogens with one attached hydrogen (secondary N) is 1. The lowest BCUT2D eigenvalue weighted by Crippen LogP contribution is -2.25. The van der Waals surface area contributed by atoms with Crippen LogP contribution in [0.1, 0.15) is 29.5 Å². The lowest BCUT2D eigenvalue weighted by atomic mass is 10.1. The zero-order chi connectivity index (χ0) is 18.7. The Morgan fingerprint density at radius 1 is 1.19 bits per heavy atom. The molecule has 1 saturated heterocycles. The van der Waals surface area contributed by atoms with Gasteiger partial charge in [0.15, 0.2) is 0 Å². The molecule has 2 aromatic carbocycles. The number of hydrogen-bond donors (Lipinski definition) is 1. The number of carbonyl (C=O) groups excluding carboxylic acids is 1. The molecule has 0 bridgehead atoms. The zero-order valence-corrected chi connectivity index (χ0v) is 15.2. The molecule has 3 rings (SSSR count). The molecule has 26 heavy (non-hydrogen) atoms. The maximum Gasteiger partial charge on any atom is 0.241 e. The number of sulfonamides is 1. The van der Waals surface area contributed by atoms with E-state index >= 15 is 0 Å². The SMILES string of the molecule is Cc1cc(N2CCCC2=O)ccc1S(=O)(=O)NCc1ccc(C#N)cc1. The van der Waals surface area contributed by atoms with Crippen molar-refractivity contribution in [3.63, 3.8) is 0 Å². The van der Waals surface area contributed by atoms with Gasteiger partial charge in [-0.25, -0.2) is 13.1 Å². The standard InChI is InChI=1S/C19H19N3O3S/c1-14-11-17(22-10-2-3-19(22)23)8-9-18(14)26(24,25)21-13-16-6-4-15(12-20)5-7-16/h4-9,11,21H,2-3,10,13H2,1H3. The third-order valence-electron chi connectivity index (χ3n) is 4.38. The first-order valence-electron chi connectivity index (χ1n) is 8.30. The number of nitrogens with zero attached hydrogens (tertiary/aromatic N) is 2. The zero-order valence-electron chi connectivity index (χ0n) is 14.4. The van der Waals surface area contributed by atoms with Gasteiger partial charge in [-0.3, -0.25) is 4.79 Å². The van der Waals surface area contributed by atoms with Crippen LogP contribution in [-0.2, 0) is 21.4 Å². The van der Waals surface area contributed by atoms with Crippen LogP contribution in [0.15, 0.2) is 47.4 Å². The Morgan fingerprint density at radius 2 is 1.92 bits per heavy atom. The molecule has 0 spiro atoms. The lowest BCUT2D eigenvalue weighted by Gasteiger charge is -2.17. The van der Waals surface area contributed by atoms with Crippen molar-refractivity contribution in [3.8, 4) is 6.07 Å². The summed E-state index contributed by atoms with van der Waals surface area (Å²) in [6, 6.07) is 13.7. The molecule has 6 nitrogen and oxygen atoms in total. The molecule has 1 N–H and O–H groups in total. The molecule has 1 aliphatic heterocycles. The van der Waals surface area contributed by atoms with Crippen LogP contribution in [0.2, 0.25) is 0 Å². The average Bonchev–Trinajstić information content (AvgIpc) is 3.06. The predicted octanol–water partition coefficient (Wildman–Crippen LogP) is 2.47. The maximum atomic E-state index is 12.6. The van der Waals surface area contributed by atoms with Crippen molar-refractivity contribution in [1.82, 2.24) is 4.72 Å². The molecule has 1 heterocycles. The molecule has 7 heteroatoms. The maximum absolute atomic E-state index is 12.6. The fourth-order valence-electron chi connectivity index (χ4n) is 2.98. The Kier molecular flexibility index (Phi) is 5.07. The number of nitriles is 1. The molecule has 0 aromatic heterocycles. The fourth-order valence-corrected chi connectivity index (χ4v) is 4.22. The summed E-state index contributed by atoms with van der Waals surface area (Å²) >= 11 is 0. The van der Waals surface area contributed by atoms with Crippen molar-refractivity contribution in [2.75, 3.05) is 11.4 Å². The van der Waals surface area contributed by atoms with Gasteiger partial charge in [0.05, 0.1) is 16.5 Å². The molecule has 1 fully saturated rings. The fraction of sp³-hybridized carbons (Fsp3) is 0.263. The van der Waals surface area contributed by atoms with Crippen LogP contribution in [-0.4, -0.2) is 20.9 Å². The van der Waals surface area contributed by atoms with Crippen LogP contribution >= 0.6 is 0 Å². The summed E-state index contributed by atoms with van der Waals surface area (Å²) in [7, 11) is -3.68. The third-order valence-corrected chi connectivity index (χ3v) is 5.94. The third kappa shape index (κ3) is 3.77. The number of amides is 1. The van der Waals surface area contributed by atoms with E-state index < -0.39 is 10.0 Å². The van der Waals surface area contributed by atoms with Crippen LogP contribution in [0.25, 0.3) is 0 Å². The molecule has 0 aliphatic carbocycles. The monoisotopic (exact) mass is 369 g/mol. The van der Waals surface area contributed by atoms with E-state index in [0.717, 1.165) is 17.7 Å². The van der Waals surface area contributed by atoms with Gasteiger partial charge in [0.25, 0.3) is 0 Å². The second kappa shape index (κ2) is 7.28. The topological polar surface area (TPSA) is 90.3 Å². The van der Waals surface area contributed by atoms with Gasteiger partial charge in [-0.15, -0.1) is 0 Å². The molecule has 2 aromatic rings. The van der Waals surface area contributed by atoms with Crippen LogP contribution < -0.4 is 9.62 Å². The van der Waals surface area contributed by atoms with Crippen LogP contribution in [0.5, 0.6) is 0 Å². The molecule has 0 radical (unpaired) electrons. The van der Waals surface area contributed by atoms with Crippen LogP contribution in [0, 0.1) is 18.3 Å². The van der Waals surface area contributed by atoms with Crippen molar-refractivity contribution >= 4 is 21.6 Å². The summed E-state index contributed by atoms with van der Waals surface area (Å²) < 4.78 is 27.8. The molecule has 0 unspecified atom stereocenters. The molecule has 1 amide bonds. The van der Waals surface area contributed by atoms with Crippen LogP contribution in [0.3, 0.4) is 0 Å². The van der Waals surface area contributed by atoms with Gasteiger partial charge in [-0.05, 0) is 54.8 Å². The minimum absolute atomic E-state index is 0.0685. The Bertz CT molecular complexity index is 976.